The maximum absolute atomic E-state index is 12.2. The number of fused-ring (bicyclic) bond motifs is 1. The van der Waals surface area contributed by atoms with Crippen molar-refractivity contribution in [2.75, 3.05) is 13.7 Å². The molecule has 7 heteroatoms. The summed E-state index contributed by atoms with van der Waals surface area (Å²) in [6.07, 6.45) is 7.66. The Hall–Kier alpha value is -3.40. The van der Waals surface area contributed by atoms with Crippen LogP contribution < -0.4 is 5.32 Å². The average molecular weight is 340 g/mol. The fourth-order valence-electron chi connectivity index (χ4n) is 2.34. The first kappa shape index (κ1) is 17.9. The fraction of sp³-hybridized carbons (Fsp3) is 0.222. The molecule has 25 heavy (non-hydrogen) atoms. The second kappa shape index (κ2) is 7.93. The number of terminal acetylenes is 1. The molecule has 1 aromatic carbocycles. The molecule has 0 spiro atoms. The predicted octanol–water partition coefficient (Wildman–Crippen LogP) is 0.520. The van der Waals surface area contributed by atoms with E-state index in [1.807, 2.05) is 0 Å². The van der Waals surface area contributed by atoms with Crippen molar-refractivity contribution < 1.29 is 23.9 Å². The summed E-state index contributed by atoms with van der Waals surface area (Å²) in [6, 6.07) is 5.46. The Morgan fingerprint density at radius 2 is 1.88 bits per heavy atom. The predicted molar refractivity (Wildman–Crippen MR) is 88.3 cm³/mol. The Kier molecular flexibility index (Phi) is 5.69. The van der Waals surface area contributed by atoms with Crippen molar-refractivity contribution in [3.05, 3.63) is 47.5 Å². The highest BCUT2D eigenvalue weighted by molar-refractivity contribution is 6.21. The molecule has 1 N–H and O–H groups in total. The Bertz CT molecular complexity index is 756. The van der Waals surface area contributed by atoms with E-state index in [0.29, 0.717) is 11.1 Å². The van der Waals surface area contributed by atoms with E-state index in [1.54, 1.807) is 24.3 Å². The van der Waals surface area contributed by atoms with E-state index in [-0.39, 0.29) is 13.0 Å². The molecule has 0 saturated heterocycles. The number of carbonyl (C=O) groups excluding carboxylic acids is 4. The number of amides is 3. The van der Waals surface area contributed by atoms with Gasteiger partial charge in [-0.2, -0.15) is 0 Å². The van der Waals surface area contributed by atoms with Crippen molar-refractivity contribution in [2.45, 2.75) is 12.5 Å². The van der Waals surface area contributed by atoms with Gasteiger partial charge in [-0.25, -0.2) is 4.79 Å². The summed E-state index contributed by atoms with van der Waals surface area (Å²) < 4.78 is 4.60. The number of nitrogens with one attached hydrogen (secondary N) is 1. The molecular formula is C18H16N2O5. The summed E-state index contributed by atoms with van der Waals surface area (Å²) in [7, 11) is 1.18. The number of hydrogen-bond donors (Lipinski definition) is 1. The van der Waals surface area contributed by atoms with Gasteiger partial charge in [0.2, 0.25) is 5.91 Å². The fourth-order valence-corrected chi connectivity index (χ4v) is 2.34. The molecule has 0 fully saturated rings. The molecule has 0 saturated carbocycles. The van der Waals surface area contributed by atoms with Crippen molar-refractivity contribution in [1.29, 1.82) is 0 Å². The zero-order valence-electron chi connectivity index (χ0n) is 13.5. The summed E-state index contributed by atoms with van der Waals surface area (Å²) in [4.78, 5) is 48.7. The molecule has 3 amide bonds. The summed E-state index contributed by atoms with van der Waals surface area (Å²) in [5.41, 5.74) is 0.681. The van der Waals surface area contributed by atoms with Gasteiger partial charge in [0.1, 0.15) is 6.04 Å². The minimum absolute atomic E-state index is 0.0369. The molecule has 1 unspecified atom stereocenters. The summed E-state index contributed by atoms with van der Waals surface area (Å²) >= 11 is 0. The summed E-state index contributed by atoms with van der Waals surface area (Å²) in [5, 5.41) is 2.40. The normalized spacial score (nSPS) is 14.2. The lowest BCUT2D eigenvalue weighted by Crippen LogP contribution is -2.40. The van der Waals surface area contributed by atoms with Crippen LogP contribution in [0.3, 0.4) is 0 Å². The van der Waals surface area contributed by atoms with E-state index >= 15 is 0 Å². The van der Waals surface area contributed by atoms with Crippen LogP contribution >= 0.6 is 0 Å². The second-order valence-electron chi connectivity index (χ2n) is 5.14. The van der Waals surface area contributed by atoms with Crippen LogP contribution in [0, 0.1) is 12.3 Å². The zero-order valence-corrected chi connectivity index (χ0v) is 13.5. The van der Waals surface area contributed by atoms with Crippen LogP contribution in [0.1, 0.15) is 27.1 Å². The lowest BCUT2D eigenvalue weighted by atomic mass is 10.1. The largest absolute Gasteiger partial charge is 0.467 e. The van der Waals surface area contributed by atoms with Crippen molar-refractivity contribution >= 4 is 23.7 Å². The third-order valence-electron chi connectivity index (χ3n) is 3.53. The van der Waals surface area contributed by atoms with Gasteiger partial charge in [-0.15, -0.1) is 6.42 Å². The van der Waals surface area contributed by atoms with Gasteiger partial charge >= 0.3 is 5.97 Å². The Morgan fingerprint density at radius 3 is 2.40 bits per heavy atom. The van der Waals surface area contributed by atoms with Crippen LogP contribution in [0.4, 0.5) is 0 Å². The molecule has 0 aromatic heterocycles. The third-order valence-corrected chi connectivity index (χ3v) is 3.53. The van der Waals surface area contributed by atoms with E-state index < -0.39 is 29.7 Å². The van der Waals surface area contributed by atoms with Crippen molar-refractivity contribution in [3.8, 4) is 12.3 Å². The number of nitrogens with zero attached hydrogens (tertiary/aromatic N) is 1. The van der Waals surface area contributed by atoms with E-state index in [1.165, 1.54) is 19.3 Å². The van der Waals surface area contributed by atoms with Crippen LogP contribution in [-0.2, 0) is 14.3 Å². The monoisotopic (exact) mass is 340 g/mol. The van der Waals surface area contributed by atoms with Crippen molar-refractivity contribution in [2.24, 2.45) is 0 Å². The molecule has 1 heterocycles. The van der Waals surface area contributed by atoms with Crippen molar-refractivity contribution in [1.82, 2.24) is 10.2 Å². The van der Waals surface area contributed by atoms with Gasteiger partial charge in [0.15, 0.2) is 0 Å². The number of benzene rings is 1. The van der Waals surface area contributed by atoms with Gasteiger partial charge in [0.25, 0.3) is 11.8 Å². The molecule has 0 bridgehead atoms. The molecule has 0 aliphatic carbocycles. The van der Waals surface area contributed by atoms with E-state index in [2.05, 4.69) is 16.0 Å². The number of rotatable bonds is 6. The highest BCUT2D eigenvalue weighted by Gasteiger charge is 2.34. The molecule has 128 valence electrons. The van der Waals surface area contributed by atoms with Crippen LogP contribution in [0.15, 0.2) is 36.4 Å². The van der Waals surface area contributed by atoms with Gasteiger partial charge in [-0.05, 0) is 12.1 Å². The highest BCUT2D eigenvalue weighted by Crippen LogP contribution is 2.22. The molecular weight excluding hydrogens is 324 g/mol. The Balaban J connectivity index is 2.06. The first-order valence-corrected chi connectivity index (χ1v) is 7.42. The SMILES string of the molecule is C#CCC(=O)NC(C=CCN1C(=O)c2ccccc2C1=O)C(=O)OC. The molecule has 0 radical (unpaired) electrons. The third kappa shape index (κ3) is 3.93. The van der Waals surface area contributed by atoms with E-state index in [4.69, 9.17) is 6.42 Å². The smallest absolute Gasteiger partial charge is 0.332 e. The first-order valence-electron chi connectivity index (χ1n) is 7.42. The standard InChI is InChI=1S/C18H16N2O5/c1-3-7-15(21)19-14(18(24)25-2)10-6-11-20-16(22)12-8-4-5-9-13(12)17(20)23/h1,4-6,8-10,14H,7,11H2,2H3,(H,19,21). The minimum atomic E-state index is -1.05. The molecule has 1 aliphatic heterocycles. The van der Waals surface area contributed by atoms with E-state index in [9.17, 15) is 19.2 Å². The van der Waals surface area contributed by atoms with Gasteiger partial charge in [0, 0.05) is 6.54 Å². The quantitative estimate of drug-likeness (QED) is 0.353. The molecule has 2 rings (SSSR count). The van der Waals surface area contributed by atoms with Crippen molar-refractivity contribution in [3.63, 3.8) is 0 Å². The van der Waals surface area contributed by atoms with Gasteiger partial charge < -0.3 is 10.1 Å². The zero-order chi connectivity index (χ0) is 18.4. The molecule has 1 aromatic rings. The van der Waals surface area contributed by atoms with Crippen LogP contribution in [-0.4, -0.2) is 48.3 Å². The number of imide groups is 1. The van der Waals surface area contributed by atoms with Gasteiger partial charge in [-0.3, -0.25) is 19.3 Å². The average Bonchev–Trinajstić information content (AvgIpc) is 2.85. The lowest BCUT2D eigenvalue weighted by Gasteiger charge is -2.14. The summed E-state index contributed by atoms with van der Waals surface area (Å²) in [6.45, 7) is -0.0369. The van der Waals surface area contributed by atoms with Gasteiger partial charge in [-0.1, -0.05) is 30.2 Å². The Labute approximate surface area is 144 Å². The number of hydrogen-bond acceptors (Lipinski definition) is 5. The number of carbonyl (C=O) groups is 4. The molecule has 1 aliphatic rings. The lowest BCUT2D eigenvalue weighted by molar-refractivity contribution is -0.143. The number of ether oxygens (including phenoxy) is 1. The van der Waals surface area contributed by atoms with Crippen LogP contribution in [0.25, 0.3) is 0 Å². The number of esters is 1. The topological polar surface area (TPSA) is 92.8 Å². The van der Waals surface area contributed by atoms with E-state index in [0.717, 1.165) is 4.90 Å². The summed E-state index contributed by atoms with van der Waals surface area (Å²) in [5.74, 6) is 0.152. The van der Waals surface area contributed by atoms with Crippen LogP contribution in [0.2, 0.25) is 0 Å². The van der Waals surface area contributed by atoms with Gasteiger partial charge in [0.05, 0.1) is 24.7 Å². The number of methoxy groups -OCH3 is 1. The minimum Gasteiger partial charge on any atom is -0.467 e. The van der Waals surface area contributed by atoms with Crippen LogP contribution in [0.5, 0.6) is 0 Å². The maximum Gasteiger partial charge on any atom is 0.332 e. The highest BCUT2D eigenvalue weighted by atomic mass is 16.5. The molecule has 7 nitrogen and oxygen atoms in total. The first-order chi connectivity index (χ1) is 12.0. The maximum atomic E-state index is 12.2. The Morgan fingerprint density at radius 1 is 1.28 bits per heavy atom. The molecule has 1 atom stereocenters. The second-order valence-corrected chi connectivity index (χ2v) is 5.14.